The minimum absolute atomic E-state index is 0.315. The maximum absolute atomic E-state index is 12.7. The second-order valence-electron chi connectivity index (χ2n) is 6.52. The lowest BCUT2D eigenvalue weighted by Crippen LogP contribution is -2.39. The second-order valence-corrected chi connectivity index (χ2v) is 6.52. The van der Waals surface area contributed by atoms with Gasteiger partial charge in [0.25, 0.3) is 5.56 Å². The first-order valence-corrected chi connectivity index (χ1v) is 9.61. The fourth-order valence-corrected chi connectivity index (χ4v) is 3.18. The molecule has 0 N–H and O–H groups in total. The first kappa shape index (κ1) is 20.6. The Balaban J connectivity index is 1.95. The second kappa shape index (κ2) is 8.91. The summed E-state index contributed by atoms with van der Waals surface area (Å²) in [6, 6.07) is 7.65. The van der Waals surface area contributed by atoms with Crippen molar-refractivity contribution in [3.8, 4) is 5.75 Å². The molecule has 8 heteroatoms. The highest BCUT2D eigenvalue weighted by Crippen LogP contribution is 2.16. The summed E-state index contributed by atoms with van der Waals surface area (Å²) in [6.07, 6.45) is 3.74. The van der Waals surface area contributed by atoms with Crippen LogP contribution in [0.5, 0.6) is 5.75 Å². The maximum Gasteiger partial charge on any atom is 0.332 e. The Morgan fingerprint density at radius 2 is 1.69 bits per heavy atom. The summed E-state index contributed by atoms with van der Waals surface area (Å²) in [5.41, 5.74) is 1.16. The minimum atomic E-state index is -0.329. The van der Waals surface area contributed by atoms with Crippen molar-refractivity contribution in [2.24, 2.45) is 7.05 Å². The van der Waals surface area contributed by atoms with Gasteiger partial charge in [-0.3, -0.25) is 13.9 Å². The van der Waals surface area contributed by atoms with Crippen LogP contribution in [0.3, 0.4) is 0 Å². The van der Waals surface area contributed by atoms with E-state index in [1.807, 2.05) is 43.3 Å². The van der Waals surface area contributed by atoms with Gasteiger partial charge in [0.15, 0.2) is 11.2 Å². The van der Waals surface area contributed by atoms with Crippen LogP contribution >= 0.6 is 0 Å². The summed E-state index contributed by atoms with van der Waals surface area (Å²) in [5.74, 6) is 1.38. The molecule has 3 aromatic rings. The summed E-state index contributed by atoms with van der Waals surface area (Å²) >= 11 is 0. The standard InChI is InChI=1S/C21H26N4O4/c1-5-24-19-18(20(26)25(6-2)21(24)27)23(3)17(22-19)12-9-15-7-10-16(11-8-15)29-14-13-28-4/h7-12H,5-6,13-14H2,1-4H3/b12-9+. The van der Waals surface area contributed by atoms with Crippen LogP contribution < -0.4 is 16.0 Å². The van der Waals surface area contributed by atoms with Crippen molar-refractivity contribution in [3.05, 3.63) is 56.5 Å². The lowest BCUT2D eigenvalue weighted by atomic mass is 10.2. The number of ether oxygens (including phenoxy) is 2. The molecular formula is C21H26N4O4. The van der Waals surface area contributed by atoms with Crippen LogP contribution in [-0.4, -0.2) is 39.0 Å². The van der Waals surface area contributed by atoms with Crippen molar-refractivity contribution in [2.75, 3.05) is 20.3 Å². The van der Waals surface area contributed by atoms with Crippen LogP contribution in [0.4, 0.5) is 0 Å². The van der Waals surface area contributed by atoms with Gasteiger partial charge in [0.05, 0.1) is 6.61 Å². The predicted octanol–water partition coefficient (Wildman–Crippen LogP) is 2.13. The van der Waals surface area contributed by atoms with E-state index < -0.39 is 0 Å². The van der Waals surface area contributed by atoms with E-state index in [-0.39, 0.29) is 11.2 Å². The first-order valence-electron chi connectivity index (χ1n) is 9.61. The highest BCUT2D eigenvalue weighted by molar-refractivity contribution is 5.76. The fourth-order valence-electron chi connectivity index (χ4n) is 3.18. The molecule has 0 spiro atoms. The molecule has 3 rings (SSSR count). The molecular weight excluding hydrogens is 372 g/mol. The van der Waals surface area contributed by atoms with Crippen LogP contribution in [0.2, 0.25) is 0 Å². The number of aryl methyl sites for hydroxylation is 2. The zero-order chi connectivity index (χ0) is 21.0. The number of nitrogens with zero attached hydrogens (tertiary/aromatic N) is 4. The Hall–Kier alpha value is -3.13. The van der Waals surface area contributed by atoms with Gasteiger partial charge in [0, 0.05) is 27.2 Å². The highest BCUT2D eigenvalue weighted by atomic mass is 16.5. The van der Waals surface area contributed by atoms with Gasteiger partial charge in [-0.15, -0.1) is 0 Å². The van der Waals surface area contributed by atoms with E-state index in [2.05, 4.69) is 4.98 Å². The zero-order valence-corrected chi connectivity index (χ0v) is 17.2. The molecule has 0 bridgehead atoms. The number of rotatable bonds is 8. The van der Waals surface area contributed by atoms with E-state index >= 15 is 0 Å². The van der Waals surface area contributed by atoms with Gasteiger partial charge in [0.2, 0.25) is 0 Å². The Bertz CT molecular complexity index is 1140. The van der Waals surface area contributed by atoms with Crippen LogP contribution in [0.1, 0.15) is 25.2 Å². The van der Waals surface area contributed by atoms with Crippen molar-refractivity contribution >= 4 is 23.3 Å². The molecule has 0 unspecified atom stereocenters. The molecule has 8 nitrogen and oxygen atoms in total. The van der Waals surface area contributed by atoms with Gasteiger partial charge >= 0.3 is 5.69 Å². The molecule has 0 aliphatic rings. The SMILES string of the molecule is CCn1c(=O)c2c(nc(/C=C/c3ccc(OCCOC)cc3)n2C)n(CC)c1=O. The van der Waals surface area contributed by atoms with Crippen LogP contribution in [0, 0.1) is 0 Å². The minimum Gasteiger partial charge on any atom is -0.491 e. The molecule has 2 aromatic heterocycles. The van der Waals surface area contributed by atoms with Crippen molar-refractivity contribution in [1.29, 1.82) is 0 Å². The molecule has 0 saturated carbocycles. The number of benzene rings is 1. The largest absolute Gasteiger partial charge is 0.491 e. The molecule has 29 heavy (non-hydrogen) atoms. The number of imidazole rings is 1. The van der Waals surface area contributed by atoms with E-state index in [0.29, 0.717) is 43.3 Å². The van der Waals surface area contributed by atoms with E-state index in [1.165, 1.54) is 9.13 Å². The third-order valence-electron chi connectivity index (χ3n) is 4.77. The van der Waals surface area contributed by atoms with Crippen LogP contribution in [-0.2, 0) is 24.9 Å². The summed E-state index contributed by atoms with van der Waals surface area (Å²) in [7, 11) is 3.42. The van der Waals surface area contributed by atoms with E-state index in [9.17, 15) is 9.59 Å². The monoisotopic (exact) mass is 398 g/mol. The number of aromatic nitrogens is 4. The average molecular weight is 398 g/mol. The Kier molecular flexibility index (Phi) is 6.33. The van der Waals surface area contributed by atoms with Crippen molar-refractivity contribution in [2.45, 2.75) is 26.9 Å². The van der Waals surface area contributed by atoms with Crippen molar-refractivity contribution in [1.82, 2.24) is 18.7 Å². The average Bonchev–Trinajstić information content (AvgIpc) is 3.04. The normalized spacial score (nSPS) is 11.6. The third-order valence-corrected chi connectivity index (χ3v) is 4.77. The van der Waals surface area contributed by atoms with Gasteiger partial charge in [-0.25, -0.2) is 9.78 Å². The smallest absolute Gasteiger partial charge is 0.332 e. The number of fused-ring (bicyclic) bond motifs is 1. The van der Waals surface area contributed by atoms with Crippen LogP contribution in [0.25, 0.3) is 23.3 Å². The third kappa shape index (κ3) is 4.02. The highest BCUT2D eigenvalue weighted by Gasteiger charge is 2.17. The summed E-state index contributed by atoms with van der Waals surface area (Å²) in [6.45, 7) is 5.46. The van der Waals surface area contributed by atoms with Gasteiger partial charge in [-0.1, -0.05) is 18.2 Å². The maximum atomic E-state index is 12.7. The van der Waals surface area contributed by atoms with E-state index in [0.717, 1.165) is 11.3 Å². The van der Waals surface area contributed by atoms with Crippen molar-refractivity contribution < 1.29 is 9.47 Å². The molecule has 2 heterocycles. The molecule has 0 fully saturated rings. The Morgan fingerprint density at radius 1 is 1.00 bits per heavy atom. The molecule has 0 amide bonds. The number of methoxy groups -OCH3 is 1. The first-order chi connectivity index (χ1) is 14.0. The number of hydrogen-bond acceptors (Lipinski definition) is 5. The van der Waals surface area contributed by atoms with Gasteiger partial charge < -0.3 is 14.0 Å². The fraction of sp³-hybridized carbons (Fsp3) is 0.381. The molecule has 0 aliphatic carbocycles. The molecule has 1 aromatic carbocycles. The van der Waals surface area contributed by atoms with Gasteiger partial charge in [0.1, 0.15) is 18.2 Å². The summed E-state index contributed by atoms with van der Waals surface area (Å²) in [4.78, 5) is 29.8. The topological polar surface area (TPSA) is 80.3 Å². The molecule has 0 aliphatic heterocycles. The van der Waals surface area contributed by atoms with E-state index in [4.69, 9.17) is 9.47 Å². The van der Waals surface area contributed by atoms with Crippen molar-refractivity contribution in [3.63, 3.8) is 0 Å². The molecule has 154 valence electrons. The Morgan fingerprint density at radius 3 is 2.31 bits per heavy atom. The van der Waals surface area contributed by atoms with Crippen LogP contribution in [0.15, 0.2) is 33.9 Å². The summed E-state index contributed by atoms with van der Waals surface area (Å²) in [5, 5.41) is 0. The lowest BCUT2D eigenvalue weighted by molar-refractivity contribution is 0.146. The predicted molar refractivity (Wildman–Crippen MR) is 113 cm³/mol. The van der Waals surface area contributed by atoms with Gasteiger partial charge in [-0.05, 0) is 37.6 Å². The quantitative estimate of drug-likeness (QED) is 0.543. The molecule has 0 atom stereocenters. The molecule has 0 radical (unpaired) electrons. The molecule has 0 saturated heterocycles. The lowest BCUT2D eigenvalue weighted by Gasteiger charge is -2.08. The number of hydrogen-bond donors (Lipinski definition) is 0. The van der Waals surface area contributed by atoms with E-state index in [1.54, 1.807) is 25.6 Å². The summed E-state index contributed by atoms with van der Waals surface area (Å²) < 4.78 is 15.0. The zero-order valence-electron chi connectivity index (χ0n) is 17.2. The van der Waals surface area contributed by atoms with Gasteiger partial charge in [-0.2, -0.15) is 0 Å². The Labute approximate surface area is 168 Å².